The molecule has 1 fully saturated rings. The van der Waals surface area contributed by atoms with Gasteiger partial charge < -0.3 is 9.80 Å². The molecule has 0 N–H and O–H groups in total. The van der Waals surface area contributed by atoms with Gasteiger partial charge in [0.25, 0.3) is 0 Å². The molecule has 1 unspecified atom stereocenters. The molecule has 2 aliphatic rings. The second kappa shape index (κ2) is 14.3. The molecular weight excluding hydrogens is 497 g/mol. The molecule has 1 aliphatic heterocycles. The van der Waals surface area contributed by atoms with Crippen LogP contribution in [0.25, 0.3) is 5.57 Å². The number of amides is 1. The van der Waals surface area contributed by atoms with Crippen LogP contribution in [-0.4, -0.2) is 53.6 Å². The minimum atomic E-state index is -0.376. The number of hydrogen-bond donors (Lipinski definition) is 0. The van der Waals surface area contributed by atoms with E-state index in [9.17, 15) is 9.18 Å². The summed E-state index contributed by atoms with van der Waals surface area (Å²) in [4.78, 5) is 22.7. The molecule has 0 radical (unpaired) electrons. The van der Waals surface area contributed by atoms with E-state index in [1.54, 1.807) is 12.1 Å². The zero-order valence-corrected chi connectivity index (χ0v) is 26.3. The minimum absolute atomic E-state index is 0.204. The highest BCUT2D eigenvalue weighted by atomic mass is 19.1. The molecule has 3 rings (SSSR count). The van der Waals surface area contributed by atoms with Crippen molar-refractivity contribution in [2.45, 2.75) is 100.0 Å². The average Bonchev–Trinajstić information content (AvgIpc) is 3.10. The number of nitrogens with zero attached hydrogens (tertiary/aromatic N) is 3. The van der Waals surface area contributed by atoms with Gasteiger partial charge in [-0.1, -0.05) is 78.2 Å². The van der Waals surface area contributed by atoms with Gasteiger partial charge in [0, 0.05) is 61.0 Å². The van der Waals surface area contributed by atoms with Gasteiger partial charge in [-0.05, 0) is 68.4 Å². The van der Waals surface area contributed by atoms with Gasteiger partial charge in [0.05, 0.1) is 0 Å². The van der Waals surface area contributed by atoms with E-state index in [-0.39, 0.29) is 23.2 Å². The van der Waals surface area contributed by atoms with E-state index in [0.717, 1.165) is 49.3 Å². The lowest BCUT2D eigenvalue weighted by molar-refractivity contribution is -0.142. The Kier molecular flexibility index (Phi) is 11.4. The van der Waals surface area contributed by atoms with Crippen LogP contribution in [-0.2, 0) is 4.79 Å². The third-order valence-electron chi connectivity index (χ3n) is 8.38. The van der Waals surface area contributed by atoms with Crippen molar-refractivity contribution in [3.63, 3.8) is 0 Å². The van der Waals surface area contributed by atoms with Crippen LogP contribution in [0.3, 0.4) is 0 Å². The lowest BCUT2D eigenvalue weighted by Crippen LogP contribution is -2.55. The van der Waals surface area contributed by atoms with E-state index in [4.69, 9.17) is 4.99 Å². The fourth-order valence-electron chi connectivity index (χ4n) is 6.22. The van der Waals surface area contributed by atoms with Crippen molar-refractivity contribution in [1.82, 2.24) is 9.80 Å². The number of hydrogen-bond acceptors (Lipinski definition) is 3. The fourth-order valence-corrected chi connectivity index (χ4v) is 6.22. The number of unbranched alkanes of at least 4 members (excludes halogenated alkanes) is 2. The predicted octanol–water partition coefficient (Wildman–Crippen LogP) is 8.46. The Bertz CT molecular complexity index is 1150. The van der Waals surface area contributed by atoms with Crippen molar-refractivity contribution in [3.05, 3.63) is 64.6 Å². The Morgan fingerprint density at radius 2 is 1.88 bits per heavy atom. The van der Waals surface area contributed by atoms with Gasteiger partial charge in [-0.2, -0.15) is 0 Å². The van der Waals surface area contributed by atoms with Crippen molar-refractivity contribution in [3.8, 4) is 0 Å². The SMILES string of the molecule is CCCCCC(CC)C1=CC=C(c2cccc(F)c2)CC(=NCC)/C1=C(\C)N1CCN(C(=O)C(C)(C)C)C[C@@H]1C. The van der Waals surface area contributed by atoms with Gasteiger partial charge in [0.15, 0.2) is 0 Å². The van der Waals surface area contributed by atoms with Crippen LogP contribution in [0, 0.1) is 17.2 Å². The van der Waals surface area contributed by atoms with Gasteiger partial charge in [-0.25, -0.2) is 4.39 Å². The third kappa shape index (κ3) is 7.73. The molecule has 1 heterocycles. The van der Waals surface area contributed by atoms with Crippen molar-refractivity contribution in [2.24, 2.45) is 16.3 Å². The number of rotatable bonds is 9. The summed E-state index contributed by atoms with van der Waals surface area (Å²) in [7, 11) is 0. The first-order valence-corrected chi connectivity index (χ1v) is 15.5. The number of carbonyl (C=O) groups excluding carboxylic acids is 1. The van der Waals surface area contributed by atoms with Crippen LogP contribution in [0.15, 0.2) is 58.3 Å². The van der Waals surface area contributed by atoms with Gasteiger partial charge in [-0.15, -0.1) is 0 Å². The molecule has 1 amide bonds. The maximum atomic E-state index is 14.2. The highest BCUT2D eigenvalue weighted by Crippen LogP contribution is 2.38. The number of aliphatic imine (C=N–C) groups is 1. The Hall–Kier alpha value is -2.69. The molecule has 1 aromatic rings. The highest BCUT2D eigenvalue weighted by molar-refractivity contribution is 6.10. The summed E-state index contributed by atoms with van der Waals surface area (Å²) in [5.41, 5.74) is 6.60. The number of carbonyl (C=O) groups is 1. The largest absolute Gasteiger partial charge is 0.368 e. The van der Waals surface area contributed by atoms with Crippen LogP contribution in [0.2, 0.25) is 0 Å². The highest BCUT2D eigenvalue weighted by Gasteiger charge is 2.34. The Morgan fingerprint density at radius 3 is 2.48 bits per heavy atom. The van der Waals surface area contributed by atoms with Crippen molar-refractivity contribution in [1.29, 1.82) is 0 Å². The van der Waals surface area contributed by atoms with Crippen LogP contribution in [0.5, 0.6) is 0 Å². The van der Waals surface area contributed by atoms with Crippen molar-refractivity contribution in [2.75, 3.05) is 26.2 Å². The molecule has 0 spiro atoms. The van der Waals surface area contributed by atoms with Gasteiger partial charge in [0.1, 0.15) is 5.82 Å². The van der Waals surface area contributed by atoms with Gasteiger partial charge in [0.2, 0.25) is 5.91 Å². The summed E-state index contributed by atoms with van der Waals surface area (Å²) in [5, 5.41) is 0. The first-order valence-electron chi connectivity index (χ1n) is 15.5. The standard InChI is InChI=1S/C35H52FN3O/c1-9-12-13-15-27(10-2)31-19-18-29(28-16-14-17-30(36)22-28)23-32(37-11-3)33(31)26(5)39-21-20-38(24-25(39)4)34(40)35(6,7)8/h14,16-19,22,25,27H,9-13,15,20-21,23-24H2,1-8H3/b33-26+,37-32?/t25-,27?/m0/s1. The van der Waals surface area contributed by atoms with E-state index in [1.807, 2.05) is 31.7 Å². The maximum Gasteiger partial charge on any atom is 0.228 e. The zero-order valence-electron chi connectivity index (χ0n) is 26.3. The summed E-state index contributed by atoms with van der Waals surface area (Å²) >= 11 is 0. The van der Waals surface area contributed by atoms with Gasteiger partial charge >= 0.3 is 0 Å². The topological polar surface area (TPSA) is 35.9 Å². The summed E-state index contributed by atoms with van der Waals surface area (Å²) < 4.78 is 14.2. The zero-order chi connectivity index (χ0) is 29.4. The molecule has 2 atom stereocenters. The Labute approximate surface area is 243 Å². The molecule has 1 aromatic carbocycles. The normalized spacial score (nSPS) is 21.6. The number of halogens is 1. The molecule has 0 aromatic heterocycles. The number of piperazine rings is 1. The average molecular weight is 550 g/mol. The molecule has 4 nitrogen and oxygen atoms in total. The molecule has 0 bridgehead atoms. The molecule has 1 saturated heterocycles. The van der Waals surface area contributed by atoms with Gasteiger partial charge in [-0.3, -0.25) is 9.79 Å². The molecular formula is C35H52FN3O. The van der Waals surface area contributed by atoms with E-state index >= 15 is 0 Å². The van der Waals surface area contributed by atoms with E-state index in [2.05, 4.69) is 51.7 Å². The van der Waals surface area contributed by atoms with Crippen LogP contribution >= 0.6 is 0 Å². The number of allylic oxidation sites excluding steroid dienone is 6. The lowest BCUT2D eigenvalue weighted by atomic mass is 9.82. The summed E-state index contributed by atoms with van der Waals surface area (Å²) in [5.74, 6) is 0.439. The number of benzene rings is 1. The fraction of sp³-hybridized carbons (Fsp3) is 0.600. The van der Waals surface area contributed by atoms with E-state index in [0.29, 0.717) is 18.9 Å². The van der Waals surface area contributed by atoms with Crippen LogP contribution < -0.4 is 0 Å². The second-order valence-electron chi connectivity index (χ2n) is 12.5. The van der Waals surface area contributed by atoms with Crippen molar-refractivity contribution < 1.29 is 9.18 Å². The summed E-state index contributed by atoms with van der Waals surface area (Å²) in [6.45, 7) is 20.1. The quantitative estimate of drug-likeness (QED) is 0.290. The smallest absolute Gasteiger partial charge is 0.228 e. The van der Waals surface area contributed by atoms with E-state index in [1.165, 1.54) is 42.2 Å². The molecule has 40 heavy (non-hydrogen) atoms. The summed E-state index contributed by atoms with van der Waals surface area (Å²) in [6, 6.07) is 7.14. The van der Waals surface area contributed by atoms with Crippen LogP contribution in [0.4, 0.5) is 4.39 Å². The Morgan fingerprint density at radius 1 is 1.12 bits per heavy atom. The molecule has 220 valence electrons. The Balaban J connectivity index is 2.08. The monoisotopic (exact) mass is 549 g/mol. The summed E-state index contributed by atoms with van der Waals surface area (Å²) in [6.07, 6.45) is 11.1. The maximum absolute atomic E-state index is 14.2. The first kappa shape index (κ1) is 31.8. The van der Waals surface area contributed by atoms with Crippen molar-refractivity contribution >= 4 is 17.2 Å². The minimum Gasteiger partial charge on any atom is -0.368 e. The predicted molar refractivity (Wildman–Crippen MR) is 168 cm³/mol. The van der Waals surface area contributed by atoms with Crippen LogP contribution in [0.1, 0.15) is 99.5 Å². The lowest BCUT2D eigenvalue weighted by Gasteiger charge is -2.44. The molecule has 1 aliphatic carbocycles. The molecule has 0 saturated carbocycles. The third-order valence-corrected chi connectivity index (χ3v) is 8.38. The second-order valence-corrected chi connectivity index (χ2v) is 12.5. The first-order chi connectivity index (χ1) is 19.0. The molecule has 5 heteroatoms. The van der Waals surface area contributed by atoms with E-state index < -0.39 is 0 Å².